The summed E-state index contributed by atoms with van der Waals surface area (Å²) < 4.78 is 6.56. The van der Waals surface area contributed by atoms with Gasteiger partial charge in [0.25, 0.3) is 0 Å². The van der Waals surface area contributed by atoms with Gasteiger partial charge in [-0.1, -0.05) is 62.7 Å². The van der Waals surface area contributed by atoms with Gasteiger partial charge in [-0.05, 0) is 41.8 Å². The van der Waals surface area contributed by atoms with Crippen LogP contribution in [-0.2, 0) is 5.41 Å². The number of benzene rings is 2. The van der Waals surface area contributed by atoms with Crippen LogP contribution in [0.25, 0.3) is 6.08 Å². The molecule has 0 unspecified atom stereocenters. The molecule has 0 spiro atoms. The minimum absolute atomic E-state index is 0.0738. The Kier molecular flexibility index (Phi) is 8.09. The van der Waals surface area contributed by atoms with Crippen molar-refractivity contribution in [2.75, 3.05) is 12.8 Å². The summed E-state index contributed by atoms with van der Waals surface area (Å²) in [5.74, 6) is 0.684. The number of ketones is 1. The van der Waals surface area contributed by atoms with Gasteiger partial charge in [-0.3, -0.25) is 4.79 Å². The third-order valence-electron chi connectivity index (χ3n) is 3.68. The fourth-order valence-corrected chi connectivity index (χ4v) is 2.95. The first kappa shape index (κ1) is 22.0. The second-order valence-corrected chi connectivity index (χ2v) is 7.56. The van der Waals surface area contributed by atoms with Gasteiger partial charge in [0.15, 0.2) is 5.78 Å². The quantitative estimate of drug-likeness (QED) is 0.362. The highest BCUT2D eigenvalue weighted by molar-refractivity contribution is 9.10. The first-order valence-corrected chi connectivity index (χ1v) is 9.47. The van der Waals surface area contributed by atoms with Crippen LogP contribution < -0.4 is 10.5 Å². The second kappa shape index (κ2) is 9.58. The Morgan fingerprint density at radius 3 is 2.35 bits per heavy atom. The van der Waals surface area contributed by atoms with Crippen molar-refractivity contribution in [3.05, 3.63) is 63.6 Å². The molecule has 0 fully saturated rings. The Labute approximate surface area is 165 Å². The number of ether oxygens (including phenoxy) is 1. The van der Waals surface area contributed by atoms with E-state index in [0.717, 1.165) is 21.3 Å². The summed E-state index contributed by atoms with van der Waals surface area (Å²) in [6, 6.07) is 10.9. The molecular weight excluding hydrogens is 390 g/mol. The molecule has 0 aliphatic rings. The summed E-state index contributed by atoms with van der Waals surface area (Å²) in [4.78, 5) is 12.3. The van der Waals surface area contributed by atoms with Crippen LogP contribution in [-0.4, -0.2) is 12.9 Å². The van der Waals surface area contributed by atoms with Gasteiger partial charge in [-0.25, -0.2) is 0 Å². The number of carbonyl (C=O) groups is 1. The van der Waals surface area contributed by atoms with Crippen LogP contribution in [0, 0.1) is 0 Å². The molecule has 0 radical (unpaired) electrons. The van der Waals surface area contributed by atoms with Crippen LogP contribution in [0.5, 0.6) is 5.75 Å². The van der Waals surface area contributed by atoms with Gasteiger partial charge in [0.05, 0.1) is 7.11 Å². The molecule has 0 aliphatic carbocycles. The van der Waals surface area contributed by atoms with Crippen molar-refractivity contribution in [1.29, 1.82) is 0 Å². The third-order valence-corrected chi connectivity index (χ3v) is 4.14. The van der Waals surface area contributed by atoms with Crippen LogP contribution in [0.2, 0.25) is 0 Å². The lowest BCUT2D eigenvalue weighted by Gasteiger charge is -2.23. The van der Waals surface area contributed by atoms with E-state index in [9.17, 15) is 4.79 Å². The predicted octanol–water partition coefficient (Wildman–Crippen LogP) is 6.26. The van der Waals surface area contributed by atoms with Crippen LogP contribution in [0.4, 0.5) is 5.69 Å². The fourth-order valence-electron chi connectivity index (χ4n) is 2.48. The van der Waals surface area contributed by atoms with Crippen molar-refractivity contribution in [2.24, 2.45) is 0 Å². The largest absolute Gasteiger partial charge is 0.496 e. The molecule has 0 aliphatic heterocycles. The smallest absolute Gasteiger partial charge is 0.185 e. The molecule has 0 amide bonds. The predicted molar refractivity (Wildman–Crippen MR) is 115 cm³/mol. The van der Waals surface area contributed by atoms with Crippen molar-refractivity contribution in [1.82, 2.24) is 0 Å². The number of methoxy groups -OCH3 is 1. The Hall–Kier alpha value is -2.07. The van der Waals surface area contributed by atoms with Gasteiger partial charge < -0.3 is 10.5 Å². The maximum Gasteiger partial charge on any atom is 0.185 e. The highest BCUT2D eigenvalue weighted by atomic mass is 79.9. The first-order chi connectivity index (χ1) is 12.2. The highest BCUT2D eigenvalue weighted by Gasteiger charge is 2.21. The SMILES string of the molecule is CC.COc1c(/C=C/C(=O)c2cccc(N)c2)cc(Br)cc1C(C)(C)C. The van der Waals surface area contributed by atoms with Crippen molar-refractivity contribution in [3.63, 3.8) is 0 Å². The minimum atomic E-state index is -0.0957. The van der Waals surface area contributed by atoms with E-state index in [-0.39, 0.29) is 11.2 Å². The lowest BCUT2D eigenvalue weighted by atomic mass is 9.85. The Morgan fingerprint density at radius 2 is 1.81 bits per heavy atom. The zero-order valence-electron chi connectivity index (χ0n) is 16.4. The molecule has 0 aromatic heterocycles. The normalized spacial score (nSPS) is 11.0. The summed E-state index contributed by atoms with van der Waals surface area (Å²) >= 11 is 3.54. The monoisotopic (exact) mass is 417 g/mol. The number of anilines is 1. The summed E-state index contributed by atoms with van der Waals surface area (Å²) in [6.45, 7) is 10.4. The minimum Gasteiger partial charge on any atom is -0.496 e. The molecule has 26 heavy (non-hydrogen) atoms. The van der Waals surface area contributed by atoms with E-state index in [4.69, 9.17) is 10.5 Å². The van der Waals surface area contributed by atoms with E-state index in [1.54, 1.807) is 43.5 Å². The van der Waals surface area contributed by atoms with Gasteiger partial charge in [0.2, 0.25) is 0 Å². The molecule has 0 saturated carbocycles. The molecule has 0 atom stereocenters. The summed E-state index contributed by atoms with van der Waals surface area (Å²) in [5.41, 5.74) is 8.73. The number of nitrogen functional groups attached to an aromatic ring is 1. The lowest BCUT2D eigenvalue weighted by molar-refractivity contribution is 0.104. The summed E-state index contributed by atoms with van der Waals surface area (Å²) in [5, 5.41) is 0. The Balaban J connectivity index is 0.00000163. The number of carbonyl (C=O) groups excluding carboxylic acids is 1. The van der Waals surface area contributed by atoms with Gasteiger partial charge in [-0.15, -0.1) is 0 Å². The van der Waals surface area contributed by atoms with Gasteiger partial charge in [0.1, 0.15) is 5.75 Å². The fraction of sp³-hybridized carbons (Fsp3) is 0.318. The molecule has 3 nitrogen and oxygen atoms in total. The topological polar surface area (TPSA) is 52.3 Å². The van der Waals surface area contributed by atoms with E-state index < -0.39 is 0 Å². The lowest BCUT2D eigenvalue weighted by Crippen LogP contribution is -2.13. The highest BCUT2D eigenvalue weighted by Crippen LogP contribution is 2.37. The zero-order chi connectivity index (χ0) is 19.9. The van der Waals surface area contributed by atoms with Crippen molar-refractivity contribution in [3.8, 4) is 5.75 Å². The molecule has 0 bridgehead atoms. The molecule has 0 heterocycles. The standard InChI is InChI=1S/C20H22BrNO2.C2H6/c1-20(2,3)17-12-15(21)10-14(19(17)24-4)8-9-18(23)13-6-5-7-16(22)11-13;1-2/h5-12H,22H2,1-4H3;1-2H3/b9-8+;. The van der Waals surface area contributed by atoms with E-state index in [2.05, 4.69) is 42.8 Å². The van der Waals surface area contributed by atoms with Crippen LogP contribution in [0.1, 0.15) is 56.1 Å². The van der Waals surface area contributed by atoms with Crippen molar-refractivity contribution >= 4 is 33.5 Å². The second-order valence-electron chi connectivity index (χ2n) is 6.65. The first-order valence-electron chi connectivity index (χ1n) is 8.68. The molecule has 4 heteroatoms. The molecule has 2 rings (SSSR count). The van der Waals surface area contributed by atoms with Crippen LogP contribution in [0.15, 0.2) is 46.9 Å². The molecule has 2 N–H and O–H groups in total. The Morgan fingerprint density at radius 1 is 1.15 bits per heavy atom. The molecule has 2 aromatic carbocycles. The number of hydrogen-bond donors (Lipinski definition) is 1. The van der Waals surface area contributed by atoms with E-state index >= 15 is 0 Å². The van der Waals surface area contributed by atoms with Gasteiger partial charge in [-0.2, -0.15) is 0 Å². The van der Waals surface area contributed by atoms with Gasteiger partial charge in [0, 0.05) is 26.9 Å². The van der Waals surface area contributed by atoms with Gasteiger partial charge >= 0.3 is 0 Å². The van der Waals surface area contributed by atoms with Crippen LogP contribution in [0.3, 0.4) is 0 Å². The zero-order valence-corrected chi connectivity index (χ0v) is 18.0. The van der Waals surface area contributed by atoms with Crippen LogP contribution >= 0.6 is 15.9 Å². The van der Waals surface area contributed by atoms with E-state index in [0.29, 0.717) is 11.3 Å². The average molecular weight is 418 g/mol. The van der Waals surface area contributed by atoms with E-state index in [1.807, 2.05) is 19.9 Å². The molecule has 140 valence electrons. The van der Waals surface area contributed by atoms with Crippen molar-refractivity contribution < 1.29 is 9.53 Å². The maximum atomic E-state index is 12.3. The number of hydrogen-bond acceptors (Lipinski definition) is 3. The number of allylic oxidation sites excluding steroid dienone is 1. The summed E-state index contributed by atoms with van der Waals surface area (Å²) in [7, 11) is 1.65. The third kappa shape index (κ3) is 5.73. The Bertz CT molecular complexity index is 789. The average Bonchev–Trinajstić information content (AvgIpc) is 2.60. The summed E-state index contributed by atoms with van der Waals surface area (Å²) in [6.07, 6.45) is 3.33. The number of rotatable bonds is 4. The molecular formula is C22H28BrNO2. The number of nitrogens with two attached hydrogens (primary N) is 1. The number of halogens is 1. The van der Waals surface area contributed by atoms with E-state index in [1.165, 1.54) is 0 Å². The van der Waals surface area contributed by atoms with Crippen molar-refractivity contribution in [2.45, 2.75) is 40.0 Å². The molecule has 2 aromatic rings. The maximum absolute atomic E-state index is 12.3. The molecule has 0 saturated heterocycles.